The highest BCUT2D eigenvalue weighted by molar-refractivity contribution is 5.92. The zero-order valence-electron chi connectivity index (χ0n) is 14.7. The van der Waals surface area contributed by atoms with Crippen molar-refractivity contribution < 1.29 is 9.90 Å². The summed E-state index contributed by atoms with van der Waals surface area (Å²) >= 11 is 0. The lowest BCUT2D eigenvalue weighted by molar-refractivity contribution is -0.116. The summed E-state index contributed by atoms with van der Waals surface area (Å²) in [4.78, 5) is 14.6. The Labute approximate surface area is 149 Å². The summed E-state index contributed by atoms with van der Waals surface area (Å²) in [5, 5.41) is 22.0. The minimum Gasteiger partial charge on any atom is -0.392 e. The number of rotatable bonds is 5. The SMILES string of the molecule is N#Cc1ccccc1NC(=O)CCN1C[C@H](O)C[C@H]1C1CCCCC1. The minimum atomic E-state index is -0.269. The first-order chi connectivity index (χ1) is 12.2. The van der Waals surface area contributed by atoms with E-state index >= 15 is 0 Å². The molecule has 1 saturated heterocycles. The fourth-order valence-corrected chi connectivity index (χ4v) is 4.32. The average Bonchev–Trinajstić information content (AvgIpc) is 3.02. The number of para-hydroxylation sites is 1. The molecule has 1 amide bonds. The Morgan fingerprint density at radius 3 is 2.80 bits per heavy atom. The summed E-state index contributed by atoms with van der Waals surface area (Å²) in [6, 6.07) is 9.56. The number of nitrogens with one attached hydrogen (secondary N) is 1. The first kappa shape index (κ1) is 17.9. The van der Waals surface area contributed by atoms with Gasteiger partial charge in [0.1, 0.15) is 6.07 Å². The van der Waals surface area contributed by atoms with Crippen LogP contribution in [0.5, 0.6) is 0 Å². The number of anilines is 1. The Bertz CT molecular complexity index is 634. The van der Waals surface area contributed by atoms with Crippen LogP contribution in [0.2, 0.25) is 0 Å². The monoisotopic (exact) mass is 341 g/mol. The molecular weight excluding hydrogens is 314 g/mol. The number of nitriles is 1. The molecule has 1 aromatic rings. The predicted octanol–water partition coefficient (Wildman–Crippen LogP) is 2.90. The summed E-state index contributed by atoms with van der Waals surface area (Å²) in [7, 11) is 0. The number of carbonyl (C=O) groups is 1. The number of likely N-dealkylation sites (tertiary alicyclic amines) is 1. The van der Waals surface area contributed by atoms with Crippen molar-refractivity contribution >= 4 is 11.6 Å². The van der Waals surface area contributed by atoms with Crippen LogP contribution in [0.4, 0.5) is 5.69 Å². The standard InChI is InChI=1S/C20H27N3O2/c21-13-16-8-4-5-9-18(16)22-20(25)10-11-23-14-17(24)12-19(23)15-6-2-1-3-7-15/h4-5,8-9,15,17,19,24H,1-3,6-7,10-12,14H2,(H,22,25)/t17-,19+/m1/s1. The maximum absolute atomic E-state index is 12.3. The van der Waals surface area contributed by atoms with E-state index in [1.807, 2.05) is 6.07 Å². The number of aliphatic hydroxyl groups is 1. The van der Waals surface area contributed by atoms with E-state index in [0.717, 1.165) is 6.42 Å². The molecule has 0 aromatic heterocycles. The van der Waals surface area contributed by atoms with Crippen molar-refractivity contribution in [1.29, 1.82) is 5.26 Å². The van der Waals surface area contributed by atoms with E-state index in [-0.39, 0.29) is 12.0 Å². The number of hydrogen-bond acceptors (Lipinski definition) is 4. The van der Waals surface area contributed by atoms with E-state index in [0.29, 0.717) is 42.7 Å². The van der Waals surface area contributed by atoms with Gasteiger partial charge in [-0.1, -0.05) is 31.4 Å². The lowest BCUT2D eigenvalue weighted by Gasteiger charge is -2.33. The van der Waals surface area contributed by atoms with Crippen molar-refractivity contribution in [2.24, 2.45) is 5.92 Å². The van der Waals surface area contributed by atoms with E-state index < -0.39 is 0 Å². The number of nitrogens with zero attached hydrogens (tertiary/aromatic N) is 2. The lowest BCUT2D eigenvalue weighted by atomic mass is 9.82. The number of β-amino-alcohol motifs (C(OH)–C–C–N with tert-alkyl or cyclic N) is 1. The smallest absolute Gasteiger partial charge is 0.225 e. The molecule has 3 rings (SSSR count). The Hall–Kier alpha value is -1.90. The quantitative estimate of drug-likeness (QED) is 0.863. The van der Waals surface area contributed by atoms with Gasteiger partial charge in [-0.3, -0.25) is 9.69 Å². The van der Waals surface area contributed by atoms with Gasteiger partial charge in [-0.05, 0) is 37.3 Å². The molecule has 0 spiro atoms. The Balaban J connectivity index is 1.54. The van der Waals surface area contributed by atoms with Crippen LogP contribution < -0.4 is 5.32 Å². The van der Waals surface area contributed by atoms with Crippen molar-refractivity contribution in [3.8, 4) is 6.07 Å². The molecule has 0 bridgehead atoms. The van der Waals surface area contributed by atoms with Gasteiger partial charge < -0.3 is 10.4 Å². The molecule has 1 aliphatic carbocycles. The predicted molar refractivity (Wildman–Crippen MR) is 97.0 cm³/mol. The van der Waals surface area contributed by atoms with Gasteiger partial charge in [-0.15, -0.1) is 0 Å². The fraction of sp³-hybridized carbons (Fsp3) is 0.600. The normalized spacial score (nSPS) is 24.8. The highest BCUT2D eigenvalue weighted by Crippen LogP contribution is 2.34. The molecular formula is C20H27N3O2. The Morgan fingerprint density at radius 2 is 2.04 bits per heavy atom. The van der Waals surface area contributed by atoms with E-state index in [1.54, 1.807) is 18.2 Å². The molecule has 5 nitrogen and oxygen atoms in total. The molecule has 1 heterocycles. The summed E-state index contributed by atoms with van der Waals surface area (Å²) in [6.07, 6.45) is 7.35. The summed E-state index contributed by atoms with van der Waals surface area (Å²) in [6.45, 7) is 1.34. The van der Waals surface area contributed by atoms with Crippen molar-refractivity contribution in [2.75, 3.05) is 18.4 Å². The van der Waals surface area contributed by atoms with Gasteiger partial charge >= 0.3 is 0 Å². The molecule has 2 N–H and O–H groups in total. The van der Waals surface area contributed by atoms with Crippen molar-refractivity contribution in [3.05, 3.63) is 29.8 Å². The topological polar surface area (TPSA) is 76.4 Å². The van der Waals surface area contributed by atoms with Gasteiger partial charge in [0.15, 0.2) is 0 Å². The molecule has 0 unspecified atom stereocenters. The highest BCUT2D eigenvalue weighted by Gasteiger charge is 2.36. The maximum atomic E-state index is 12.3. The lowest BCUT2D eigenvalue weighted by Crippen LogP contribution is -2.38. The van der Waals surface area contributed by atoms with Crippen LogP contribution in [0.25, 0.3) is 0 Å². The first-order valence-corrected chi connectivity index (χ1v) is 9.38. The molecule has 25 heavy (non-hydrogen) atoms. The van der Waals surface area contributed by atoms with Crippen LogP contribution >= 0.6 is 0 Å². The van der Waals surface area contributed by atoms with E-state index in [2.05, 4.69) is 16.3 Å². The largest absolute Gasteiger partial charge is 0.392 e. The molecule has 1 saturated carbocycles. The average molecular weight is 341 g/mol. The van der Waals surface area contributed by atoms with Crippen LogP contribution in [0.15, 0.2) is 24.3 Å². The second kappa shape index (κ2) is 8.46. The molecule has 1 aliphatic heterocycles. The van der Waals surface area contributed by atoms with Crippen molar-refractivity contribution in [3.63, 3.8) is 0 Å². The zero-order valence-corrected chi connectivity index (χ0v) is 14.7. The minimum absolute atomic E-state index is 0.0773. The molecule has 2 aliphatic rings. The van der Waals surface area contributed by atoms with Crippen LogP contribution in [0, 0.1) is 17.2 Å². The van der Waals surface area contributed by atoms with E-state index in [1.165, 1.54) is 32.1 Å². The van der Waals surface area contributed by atoms with Crippen molar-refractivity contribution in [1.82, 2.24) is 4.90 Å². The second-order valence-electron chi connectivity index (χ2n) is 7.31. The van der Waals surface area contributed by atoms with Crippen LogP contribution in [0.3, 0.4) is 0 Å². The highest BCUT2D eigenvalue weighted by atomic mass is 16.3. The summed E-state index contributed by atoms with van der Waals surface area (Å²) in [5.74, 6) is 0.583. The molecule has 2 fully saturated rings. The number of hydrogen-bond donors (Lipinski definition) is 2. The molecule has 2 atom stereocenters. The van der Waals surface area contributed by atoms with Gasteiger partial charge in [0.25, 0.3) is 0 Å². The van der Waals surface area contributed by atoms with Crippen LogP contribution in [-0.2, 0) is 4.79 Å². The third-order valence-electron chi connectivity index (χ3n) is 5.57. The fourth-order valence-electron chi connectivity index (χ4n) is 4.32. The first-order valence-electron chi connectivity index (χ1n) is 9.38. The molecule has 1 aromatic carbocycles. The van der Waals surface area contributed by atoms with Gasteiger partial charge in [0.05, 0.1) is 17.4 Å². The van der Waals surface area contributed by atoms with Gasteiger partial charge in [-0.2, -0.15) is 5.26 Å². The Morgan fingerprint density at radius 1 is 1.28 bits per heavy atom. The Kier molecular flexibility index (Phi) is 6.06. The van der Waals surface area contributed by atoms with Crippen LogP contribution in [-0.4, -0.2) is 41.1 Å². The van der Waals surface area contributed by atoms with E-state index in [9.17, 15) is 9.90 Å². The van der Waals surface area contributed by atoms with Gasteiger partial charge in [0, 0.05) is 25.6 Å². The third-order valence-corrected chi connectivity index (χ3v) is 5.57. The van der Waals surface area contributed by atoms with Gasteiger partial charge in [-0.25, -0.2) is 0 Å². The number of aliphatic hydroxyl groups excluding tert-OH is 1. The van der Waals surface area contributed by atoms with Gasteiger partial charge in [0.2, 0.25) is 5.91 Å². The number of amides is 1. The summed E-state index contributed by atoms with van der Waals surface area (Å²) < 4.78 is 0. The molecule has 134 valence electrons. The summed E-state index contributed by atoms with van der Waals surface area (Å²) in [5.41, 5.74) is 1.05. The molecule has 5 heteroatoms. The third kappa shape index (κ3) is 4.59. The number of benzene rings is 1. The van der Waals surface area contributed by atoms with E-state index in [4.69, 9.17) is 5.26 Å². The number of carbonyl (C=O) groups excluding carboxylic acids is 1. The second-order valence-corrected chi connectivity index (χ2v) is 7.31. The zero-order chi connectivity index (χ0) is 17.6. The van der Waals surface area contributed by atoms with Crippen LogP contribution in [0.1, 0.15) is 50.5 Å². The van der Waals surface area contributed by atoms with Crippen molar-refractivity contribution in [2.45, 2.75) is 57.1 Å². The molecule has 0 radical (unpaired) electrons. The maximum Gasteiger partial charge on any atom is 0.225 e.